The van der Waals surface area contributed by atoms with Crippen LogP contribution < -0.4 is 11.1 Å². The number of anilines is 1. The number of rotatable bonds is 11. The van der Waals surface area contributed by atoms with E-state index in [-0.39, 0.29) is 40.2 Å². The van der Waals surface area contributed by atoms with E-state index in [1.54, 1.807) is 24.3 Å². The molecular formula is C27H30F2N6O3S. The molecule has 0 aliphatic rings. The Morgan fingerprint density at radius 3 is 2.44 bits per heavy atom. The monoisotopic (exact) mass is 556 g/mol. The van der Waals surface area contributed by atoms with Gasteiger partial charge in [0.2, 0.25) is 0 Å². The van der Waals surface area contributed by atoms with Gasteiger partial charge in [0, 0.05) is 12.1 Å². The molecule has 0 aliphatic heterocycles. The fourth-order valence-electron chi connectivity index (χ4n) is 3.83. The molecule has 0 radical (unpaired) electrons. The third-order valence-electron chi connectivity index (χ3n) is 6.10. The first-order valence-electron chi connectivity index (χ1n) is 12.5. The summed E-state index contributed by atoms with van der Waals surface area (Å²) in [6, 6.07) is 10.8. The molecule has 0 saturated carbocycles. The van der Waals surface area contributed by atoms with Crippen molar-refractivity contribution in [2.75, 3.05) is 19.0 Å². The Hall–Kier alpha value is -3.77. The van der Waals surface area contributed by atoms with Gasteiger partial charge >= 0.3 is 0 Å². The van der Waals surface area contributed by atoms with Crippen molar-refractivity contribution in [3.63, 3.8) is 0 Å². The Morgan fingerprint density at radius 1 is 1.05 bits per heavy atom. The van der Waals surface area contributed by atoms with Crippen molar-refractivity contribution in [2.45, 2.75) is 43.9 Å². The largest absolute Gasteiger partial charge is 0.414 e. The molecule has 4 rings (SSSR count). The number of nitrogens with zero attached hydrogens (tertiary/aromatic N) is 4. The first-order chi connectivity index (χ1) is 18.6. The fraction of sp³-hybridized carbons (Fsp3) is 0.333. The SMILES string of the molecule is CC(C)CNCc1ccc(-c2nnc(-c3nc(-c4ccc(S(=O)(=O)C(C)CCF)cc4)cnc3N)o2)c(F)c1. The predicted octanol–water partition coefficient (Wildman–Crippen LogP) is 4.85. The number of halogens is 2. The average molecular weight is 557 g/mol. The standard InChI is InChI=1S/C27H30F2N6O3S/c1-16(2)13-31-14-18-4-9-21(22(29)12-18)26-34-35-27(38-26)24-25(30)32-15-23(33-24)19-5-7-20(8-6-19)39(36,37)17(3)10-11-28/h4-9,12,15-17,31H,10-11,13-14H2,1-3H3,(H2,30,32). The van der Waals surface area contributed by atoms with Crippen LogP contribution in [0.3, 0.4) is 0 Å². The lowest BCUT2D eigenvalue weighted by Gasteiger charge is -2.12. The van der Waals surface area contributed by atoms with Crippen LogP contribution in [-0.2, 0) is 16.4 Å². The fourth-order valence-corrected chi connectivity index (χ4v) is 5.21. The van der Waals surface area contributed by atoms with Crippen molar-refractivity contribution in [1.29, 1.82) is 0 Å². The molecule has 0 aliphatic carbocycles. The summed E-state index contributed by atoms with van der Waals surface area (Å²) in [4.78, 5) is 8.71. The van der Waals surface area contributed by atoms with Crippen molar-refractivity contribution in [2.24, 2.45) is 5.92 Å². The minimum absolute atomic E-state index is 0.0280. The van der Waals surface area contributed by atoms with E-state index in [1.165, 1.54) is 31.3 Å². The van der Waals surface area contributed by atoms with Gasteiger partial charge < -0.3 is 15.5 Å². The van der Waals surface area contributed by atoms with Crippen LogP contribution in [0.25, 0.3) is 34.3 Å². The smallest absolute Gasteiger partial charge is 0.270 e. The number of sulfone groups is 1. The molecule has 206 valence electrons. The Labute approximate surface area is 225 Å². The molecular weight excluding hydrogens is 526 g/mol. The van der Waals surface area contributed by atoms with E-state index in [9.17, 15) is 17.2 Å². The summed E-state index contributed by atoms with van der Waals surface area (Å²) in [6.07, 6.45) is 1.35. The highest BCUT2D eigenvalue weighted by Crippen LogP contribution is 2.30. The molecule has 39 heavy (non-hydrogen) atoms. The van der Waals surface area contributed by atoms with E-state index >= 15 is 0 Å². The highest BCUT2D eigenvalue weighted by atomic mass is 32.2. The molecule has 2 aromatic carbocycles. The highest BCUT2D eigenvalue weighted by molar-refractivity contribution is 7.92. The molecule has 4 aromatic rings. The van der Waals surface area contributed by atoms with Gasteiger partial charge in [0.25, 0.3) is 11.8 Å². The molecule has 0 saturated heterocycles. The van der Waals surface area contributed by atoms with Gasteiger partial charge in [0.1, 0.15) is 5.82 Å². The first kappa shape index (κ1) is 28.2. The lowest BCUT2D eigenvalue weighted by atomic mass is 10.1. The van der Waals surface area contributed by atoms with Crippen LogP contribution in [0.5, 0.6) is 0 Å². The first-order valence-corrected chi connectivity index (χ1v) is 14.0. The normalized spacial score (nSPS) is 12.7. The Bertz CT molecular complexity index is 1540. The number of nitrogens with two attached hydrogens (primary N) is 1. The van der Waals surface area contributed by atoms with Crippen LogP contribution in [0.15, 0.2) is 58.0 Å². The predicted molar refractivity (Wildman–Crippen MR) is 144 cm³/mol. The summed E-state index contributed by atoms with van der Waals surface area (Å²) < 4.78 is 58.4. The lowest BCUT2D eigenvalue weighted by Crippen LogP contribution is -2.19. The maximum Gasteiger partial charge on any atom is 0.270 e. The molecule has 2 aromatic heterocycles. The van der Waals surface area contributed by atoms with Crippen LogP contribution in [0.2, 0.25) is 0 Å². The molecule has 12 heteroatoms. The maximum absolute atomic E-state index is 14.8. The van der Waals surface area contributed by atoms with Gasteiger partial charge in [-0.2, -0.15) is 0 Å². The Kier molecular flexibility index (Phi) is 8.66. The average Bonchev–Trinajstić information content (AvgIpc) is 3.39. The van der Waals surface area contributed by atoms with Crippen LogP contribution in [0, 0.1) is 11.7 Å². The van der Waals surface area contributed by atoms with Crippen molar-refractivity contribution >= 4 is 15.7 Å². The lowest BCUT2D eigenvalue weighted by molar-refractivity contribution is 0.464. The topological polar surface area (TPSA) is 137 Å². The molecule has 0 bridgehead atoms. The molecule has 1 atom stereocenters. The van der Waals surface area contributed by atoms with Gasteiger partial charge in [0.15, 0.2) is 21.3 Å². The molecule has 0 spiro atoms. The van der Waals surface area contributed by atoms with Crippen LogP contribution in [0.1, 0.15) is 32.8 Å². The highest BCUT2D eigenvalue weighted by Gasteiger charge is 2.23. The minimum Gasteiger partial charge on any atom is -0.414 e. The van der Waals surface area contributed by atoms with Gasteiger partial charge in [-0.25, -0.2) is 22.8 Å². The van der Waals surface area contributed by atoms with Crippen LogP contribution in [-0.4, -0.2) is 47.1 Å². The van der Waals surface area contributed by atoms with E-state index in [0.29, 0.717) is 23.7 Å². The van der Waals surface area contributed by atoms with Gasteiger partial charge in [-0.05, 0) is 55.6 Å². The third-order valence-corrected chi connectivity index (χ3v) is 8.32. The number of aromatic nitrogens is 4. The molecule has 0 amide bonds. The minimum atomic E-state index is -3.66. The summed E-state index contributed by atoms with van der Waals surface area (Å²) in [5.41, 5.74) is 7.99. The molecule has 9 nitrogen and oxygen atoms in total. The number of hydrogen-bond donors (Lipinski definition) is 2. The number of nitrogen functional groups attached to an aromatic ring is 1. The molecule has 1 unspecified atom stereocenters. The van der Waals surface area contributed by atoms with Crippen molar-refractivity contribution < 1.29 is 21.6 Å². The summed E-state index contributed by atoms with van der Waals surface area (Å²) >= 11 is 0. The second-order valence-electron chi connectivity index (χ2n) is 9.60. The summed E-state index contributed by atoms with van der Waals surface area (Å²) in [7, 11) is -3.66. The van der Waals surface area contributed by atoms with Gasteiger partial charge in [-0.15, -0.1) is 10.2 Å². The zero-order valence-electron chi connectivity index (χ0n) is 21.9. The van der Waals surface area contributed by atoms with Crippen LogP contribution >= 0.6 is 0 Å². The van der Waals surface area contributed by atoms with E-state index in [4.69, 9.17) is 10.2 Å². The van der Waals surface area contributed by atoms with Gasteiger partial charge in [-0.3, -0.25) is 4.39 Å². The van der Waals surface area contributed by atoms with Crippen molar-refractivity contribution in [3.05, 3.63) is 60.0 Å². The molecule has 2 heterocycles. The van der Waals surface area contributed by atoms with Crippen LogP contribution in [0.4, 0.5) is 14.6 Å². The van der Waals surface area contributed by atoms with Gasteiger partial charge in [-0.1, -0.05) is 32.0 Å². The zero-order valence-corrected chi connectivity index (χ0v) is 22.7. The van der Waals surface area contributed by atoms with E-state index in [1.807, 2.05) is 0 Å². The van der Waals surface area contributed by atoms with Crippen molar-refractivity contribution in [3.8, 4) is 34.3 Å². The number of hydrogen-bond acceptors (Lipinski definition) is 9. The summed E-state index contributed by atoms with van der Waals surface area (Å²) in [5.74, 6) is -0.0681. The number of nitrogens with one attached hydrogen (secondary N) is 1. The third kappa shape index (κ3) is 6.45. The number of benzene rings is 2. The zero-order chi connectivity index (χ0) is 28.2. The Balaban J connectivity index is 1.56. The quantitative estimate of drug-likeness (QED) is 0.266. The summed E-state index contributed by atoms with van der Waals surface area (Å²) in [6.45, 7) is 6.31. The maximum atomic E-state index is 14.8. The number of alkyl halides is 1. The van der Waals surface area contributed by atoms with Gasteiger partial charge in [0.05, 0.1) is 34.3 Å². The van der Waals surface area contributed by atoms with E-state index in [0.717, 1.165) is 12.1 Å². The summed E-state index contributed by atoms with van der Waals surface area (Å²) in [5, 5.41) is 10.4. The van der Waals surface area contributed by atoms with Crippen molar-refractivity contribution in [1.82, 2.24) is 25.5 Å². The second kappa shape index (κ2) is 12.0. The molecule has 0 fully saturated rings. The van der Waals surface area contributed by atoms with E-state index in [2.05, 4.69) is 39.3 Å². The Morgan fingerprint density at radius 2 is 1.77 bits per heavy atom. The van der Waals surface area contributed by atoms with E-state index < -0.39 is 27.6 Å². The second-order valence-corrected chi connectivity index (χ2v) is 12.0. The molecule has 3 N–H and O–H groups in total.